The molecule has 0 radical (unpaired) electrons. The normalized spacial score (nSPS) is 15.1. The van der Waals surface area contributed by atoms with Crippen LogP contribution in [0, 0.1) is 5.82 Å². The van der Waals surface area contributed by atoms with Crippen LogP contribution in [0.4, 0.5) is 15.8 Å². The topological polar surface area (TPSA) is 64.7 Å². The number of rotatable bonds is 7. The van der Waals surface area contributed by atoms with Crippen LogP contribution in [0.1, 0.15) is 12.5 Å². The maximum atomic E-state index is 13.2. The van der Waals surface area contributed by atoms with Gasteiger partial charge in [0.15, 0.2) is 0 Å². The van der Waals surface area contributed by atoms with Crippen molar-refractivity contribution in [3.8, 4) is 0 Å². The predicted octanol–water partition coefficient (Wildman–Crippen LogP) is 2.58. The number of halogens is 1. The number of carbonyl (C=O) groups is 2. The second kappa shape index (κ2) is 10.1. The van der Waals surface area contributed by atoms with Crippen LogP contribution in [0.15, 0.2) is 48.5 Å². The van der Waals surface area contributed by atoms with Gasteiger partial charge in [-0.1, -0.05) is 25.1 Å². The maximum Gasteiger partial charge on any atom is 0.238 e. The molecule has 1 heterocycles. The highest BCUT2D eigenvalue weighted by Crippen LogP contribution is 2.12. The molecule has 1 saturated heterocycles. The second-order valence-electron chi connectivity index (χ2n) is 7.21. The summed E-state index contributed by atoms with van der Waals surface area (Å²) in [5.74, 6) is -0.579. The summed E-state index contributed by atoms with van der Waals surface area (Å²) in [4.78, 5) is 28.6. The first kappa shape index (κ1) is 21.0. The molecule has 0 atom stereocenters. The van der Waals surface area contributed by atoms with E-state index in [1.165, 1.54) is 17.7 Å². The molecule has 3 rings (SSSR count). The van der Waals surface area contributed by atoms with Crippen molar-refractivity contribution in [3.05, 3.63) is 59.9 Å². The molecule has 1 aliphatic heterocycles. The van der Waals surface area contributed by atoms with Crippen molar-refractivity contribution in [2.45, 2.75) is 13.3 Å². The van der Waals surface area contributed by atoms with Crippen molar-refractivity contribution in [2.75, 3.05) is 49.9 Å². The zero-order chi connectivity index (χ0) is 20.6. The van der Waals surface area contributed by atoms with Crippen LogP contribution in [0.5, 0.6) is 0 Å². The third-order valence-corrected chi connectivity index (χ3v) is 4.93. The van der Waals surface area contributed by atoms with Gasteiger partial charge >= 0.3 is 0 Å². The average Bonchev–Trinajstić information content (AvgIpc) is 2.69. The highest BCUT2D eigenvalue weighted by molar-refractivity contribution is 5.93. The van der Waals surface area contributed by atoms with Crippen molar-refractivity contribution >= 4 is 23.2 Å². The van der Waals surface area contributed by atoms with Crippen molar-refractivity contribution < 1.29 is 14.0 Å². The number of piperazine rings is 1. The highest BCUT2D eigenvalue weighted by atomic mass is 19.1. The summed E-state index contributed by atoms with van der Waals surface area (Å²) in [5.41, 5.74) is 2.47. The zero-order valence-electron chi connectivity index (χ0n) is 16.7. The van der Waals surface area contributed by atoms with Gasteiger partial charge in [-0.3, -0.25) is 19.4 Å². The maximum absolute atomic E-state index is 13.2. The second-order valence-corrected chi connectivity index (χ2v) is 7.21. The van der Waals surface area contributed by atoms with Crippen LogP contribution in [-0.2, 0) is 16.0 Å². The summed E-state index contributed by atoms with van der Waals surface area (Å²) in [6.07, 6.45) is 0.929. The van der Waals surface area contributed by atoms with Crippen LogP contribution in [0.2, 0.25) is 0 Å². The van der Waals surface area contributed by atoms with E-state index in [9.17, 15) is 14.0 Å². The van der Waals surface area contributed by atoms with Gasteiger partial charge in [0.2, 0.25) is 11.8 Å². The van der Waals surface area contributed by atoms with E-state index < -0.39 is 0 Å². The van der Waals surface area contributed by atoms with Gasteiger partial charge in [0.1, 0.15) is 5.82 Å². The Morgan fingerprint density at radius 3 is 1.90 bits per heavy atom. The summed E-state index contributed by atoms with van der Waals surface area (Å²) in [7, 11) is 0. The fourth-order valence-corrected chi connectivity index (χ4v) is 3.35. The Morgan fingerprint density at radius 1 is 0.862 bits per heavy atom. The van der Waals surface area contributed by atoms with Gasteiger partial charge in [-0.2, -0.15) is 0 Å². The third-order valence-electron chi connectivity index (χ3n) is 4.93. The van der Waals surface area contributed by atoms with E-state index in [-0.39, 0.29) is 24.2 Å². The highest BCUT2D eigenvalue weighted by Gasteiger charge is 2.20. The molecule has 2 amide bonds. The molecule has 7 heteroatoms. The number of nitrogens with one attached hydrogen (secondary N) is 2. The molecule has 154 valence electrons. The molecule has 0 saturated carbocycles. The lowest BCUT2D eigenvalue weighted by Crippen LogP contribution is -2.50. The third kappa shape index (κ3) is 6.66. The van der Waals surface area contributed by atoms with Gasteiger partial charge in [0, 0.05) is 37.6 Å². The van der Waals surface area contributed by atoms with Crippen LogP contribution < -0.4 is 10.6 Å². The molecule has 6 nitrogen and oxygen atoms in total. The van der Waals surface area contributed by atoms with E-state index in [4.69, 9.17) is 0 Å². The van der Waals surface area contributed by atoms with E-state index in [1.807, 2.05) is 29.2 Å². The molecule has 0 aliphatic carbocycles. The number of nitrogens with zero attached hydrogens (tertiary/aromatic N) is 2. The molecule has 1 fully saturated rings. The molecule has 0 unspecified atom stereocenters. The average molecular weight is 398 g/mol. The van der Waals surface area contributed by atoms with E-state index in [0.29, 0.717) is 25.3 Å². The Kier molecular flexibility index (Phi) is 7.32. The van der Waals surface area contributed by atoms with E-state index in [2.05, 4.69) is 22.5 Å². The lowest BCUT2D eigenvalue weighted by atomic mass is 10.1. The minimum absolute atomic E-state index is 0.0319. The zero-order valence-corrected chi connectivity index (χ0v) is 16.7. The smallest absolute Gasteiger partial charge is 0.238 e. The molecule has 0 aromatic heterocycles. The SMILES string of the molecule is CCc1cccc(NC(=O)CN2CCN(CC(=O)Nc3cccc(F)c3)CC2)c1. The summed E-state index contributed by atoms with van der Waals surface area (Å²) < 4.78 is 13.2. The molecule has 0 spiro atoms. The van der Waals surface area contributed by atoms with Crippen molar-refractivity contribution in [2.24, 2.45) is 0 Å². The Balaban J connectivity index is 1.39. The van der Waals surface area contributed by atoms with Crippen LogP contribution in [-0.4, -0.2) is 60.9 Å². The number of carbonyl (C=O) groups excluding carboxylic acids is 2. The van der Waals surface area contributed by atoms with Crippen molar-refractivity contribution in [3.63, 3.8) is 0 Å². The summed E-state index contributed by atoms with van der Waals surface area (Å²) in [6.45, 7) is 5.51. The minimum Gasteiger partial charge on any atom is -0.325 e. The number of aryl methyl sites for hydroxylation is 1. The summed E-state index contributed by atoms with van der Waals surface area (Å²) in [6, 6.07) is 13.7. The fourth-order valence-electron chi connectivity index (χ4n) is 3.35. The van der Waals surface area contributed by atoms with E-state index in [1.54, 1.807) is 12.1 Å². The van der Waals surface area contributed by atoms with Gasteiger partial charge in [-0.15, -0.1) is 0 Å². The predicted molar refractivity (Wildman–Crippen MR) is 112 cm³/mol. The molecular weight excluding hydrogens is 371 g/mol. The molecule has 2 aromatic carbocycles. The van der Waals surface area contributed by atoms with E-state index >= 15 is 0 Å². The van der Waals surface area contributed by atoms with Crippen LogP contribution >= 0.6 is 0 Å². The van der Waals surface area contributed by atoms with Gasteiger partial charge in [0.25, 0.3) is 0 Å². The molecule has 0 bridgehead atoms. The van der Waals surface area contributed by atoms with E-state index in [0.717, 1.165) is 25.2 Å². The standard InChI is InChI=1S/C22H27FN4O2/c1-2-17-5-3-7-19(13-17)24-21(28)15-26-9-11-27(12-10-26)16-22(29)25-20-8-4-6-18(23)14-20/h3-8,13-14H,2,9-12,15-16H2,1H3,(H,24,28)(H,25,29). The molecule has 1 aliphatic rings. The molecular formula is C22H27FN4O2. The summed E-state index contributed by atoms with van der Waals surface area (Å²) >= 11 is 0. The molecule has 2 aromatic rings. The first-order valence-electron chi connectivity index (χ1n) is 9.91. The lowest BCUT2D eigenvalue weighted by molar-refractivity contribution is -0.120. The Bertz CT molecular complexity index is 850. The van der Waals surface area contributed by atoms with Gasteiger partial charge in [-0.05, 0) is 42.3 Å². The quantitative estimate of drug-likeness (QED) is 0.753. The van der Waals surface area contributed by atoms with Gasteiger partial charge in [0.05, 0.1) is 13.1 Å². The van der Waals surface area contributed by atoms with Crippen LogP contribution in [0.25, 0.3) is 0 Å². The Labute approximate surface area is 170 Å². The van der Waals surface area contributed by atoms with Gasteiger partial charge in [-0.25, -0.2) is 4.39 Å². The van der Waals surface area contributed by atoms with Crippen molar-refractivity contribution in [1.82, 2.24) is 9.80 Å². The summed E-state index contributed by atoms with van der Waals surface area (Å²) in [5, 5.41) is 5.66. The fraction of sp³-hybridized carbons (Fsp3) is 0.364. The molecule has 2 N–H and O–H groups in total. The minimum atomic E-state index is -0.379. The number of hydrogen-bond donors (Lipinski definition) is 2. The first-order chi connectivity index (χ1) is 14.0. The first-order valence-corrected chi connectivity index (χ1v) is 9.91. The Morgan fingerprint density at radius 2 is 1.38 bits per heavy atom. The monoisotopic (exact) mass is 398 g/mol. The van der Waals surface area contributed by atoms with Crippen molar-refractivity contribution in [1.29, 1.82) is 0 Å². The molecule has 29 heavy (non-hydrogen) atoms. The number of benzene rings is 2. The van der Waals surface area contributed by atoms with Crippen LogP contribution in [0.3, 0.4) is 0 Å². The number of amides is 2. The Hall–Kier alpha value is -2.77. The lowest BCUT2D eigenvalue weighted by Gasteiger charge is -2.33. The largest absolute Gasteiger partial charge is 0.325 e. The number of anilines is 2. The van der Waals surface area contributed by atoms with Gasteiger partial charge < -0.3 is 10.6 Å². The number of hydrogen-bond acceptors (Lipinski definition) is 4.